The Labute approximate surface area is 110 Å². The fraction of sp³-hybridized carbons (Fsp3) is 0.800. The third-order valence-corrected chi connectivity index (χ3v) is 2.69. The molecule has 0 fully saturated rings. The quantitative estimate of drug-likeness (QED) is 0.766. The van der Waals surface area contributed by atoms with Crippen molar-refractivity contribution in [2.45, 2.75) is 38.7 Å². The van der Waals surface area contributed by atoms with Crippen molar-refractivity contribution in [3.63, 3.8) is 0 Å². The van der Waals surface area contributed by atoms with Crippen molar-refractivity contribution in [2.24, 2.45) is 11.8 Å². The molecule has 2 atom stereocenters. The van der Waals surface area contributed by atoms with Crippen molar-refractivity contribution in [1.29, 1.82) is 0 Å². The highest BCUT2D eigenvalue weighted by Gasteiger charge is 2.61. The van der Waals surface area contributed by atoms with E-state index in [2.05, 4.69) is 0 Å². The molecule has 0 saturated carbocycles. The number of hydrogen-bond acceptors (Lipinski definition) is 2. The van der Waals surface area contributed by atoms with Gasteiger partial charge in [0, 0.05) is 0 Å². The molecule has 2 N–H and O–H groups in total. The van der Waals surface area contributed by atoms with Crippen LogP contribution in [-0.4, -0.2) is 35.4 Å². The van der Waals surface area contributed by atoms with Crippen LogP contribution in [0, 0.1) is 11.8 Å². The number of nitrogens with one attached hydrogen (secondary N) is 1. The van der Waals surface area contributed by atoms with E-state index in [4.69, 9.17) is 5.11 Å². The normalized spacial score (nSPS) is 15.8. The maximum Gasteiger partial charge on any atom is 0.409 e. The molecule has 0 saturated heterocycles. The summed E-state index contributed by atoms with van der Waals surface area (Å²) in [6.45, 7) is 2.77. The summed E-state index contributed by atoms with van der Waals surface area (Å²) in [6.07, 6.45) is -11.5. The molecular formula is C10H13F6NO3. The van der Waals surface area contributed by atoms with Gasteiger partial charge in [0.25, 0.3) is 0 Å². The number of alkyl halides is 6. The molecule has 4 nitrogen and oxygen atoms in total. The van der Waals surface area contributed by atoms with E-state index >= 15 is 0 Å². The van der Waals surface area contributed by atoms with Crippen LogP contribution in [0.15, 0.2) is 0 Å². The summed E-state index contributed by atoms with van der Waals surface area (Å²) in [5.41, 5.74) is 0. The predicted octanol–water partition coefficient (Wildman–Crippen LogP) is 2.34. The fourth-order valence-corrected chi connectivity index (χ4v) is 1.40. The molecule has 0 aromatic carbocycles. The van der Waals surface area contributed by atoms with Crippen molar-refractivity contribution in [3.8, 4) is 0 Å². The Morgan fingerprint density at radius 3 is 1.75 bits per heavy atom. The van der Waals surface area contributed by atoms with Crippen LogP contribution < -0.4 is 5.32 Å². The Morgan fingerprint density at radius 1 is 1.10 bits per heavy atom. The standard InChI is InChI=1S/C10H13F6NO3/c1-3-4(2)5(8(19)20)17-7(18)6(9(11,12)13)10(14,15)16/h4-6H,3H2,1-2H3,(H,17,18)(H,19,20)/t4-,5-/m0/s1. The van der Waals surface area contributed by atoms with E-state index in [-0.39, 0.29) is 6.42 Å². The van der Waals surface area contributed by atoms with Crippen LogP contribution in [-0.2, 0) is 9.59 Å². The fourth-order valence-electron chi connectivity index (χ4n) is 1.40. The minimum atomic E-state index is -5.85. The number of aliphatic carboxylic acids is 1. The maximum atomic E-state index is 12.3. The van der Waals surface area contributed by atoms with Gasteiger partial charge in [0.15, 0.2) is 0 Å². The van der Waals surface area contributed by atoms with Gasteiger partial charge in [0.05, 0.1) is 0 Å². The van der Waals surface area contributed by atoms with Crippen LogP contribution in [0.2, 0.25) is 0 Å². The lowest BCUT2D eigenvalue weighted by Gasteiger charge is -2.26. The van der Waals surface area contributed by atoms with E-state index in [0.717, 1.165) is 0 Å². The number of carbonyl (C=O) groups excluding carboxylic acids is 1. The highest BCUT2D eigenvalue weighted by atomic mass is 19.4. The van der Waals surface area contributed by atoms with E-state index in [1.165, 1.54) is 19.2 Å². The Bertz CT molecular complexity index is 351. The molecule has 0 bridgehead atoms. The first kappa shape index (κ1) is 18.5. The molecule has 0 unspecified atom stereocenters. The smallest absolute Gasteiger partial charge is 0.409 e. The zero-order valence-electron chi connectivity index (χ0n) is 10.5. The maximum absolute atomic E-state index is 12.3. The van der Waals surface area contributed by atoms with Gasteiger partial charge in [0.1, 0.15) is 6.04 Å². The number of halogens is 6. The van der Waals surface area contributed by atoms with E-state index in [1.54, 1.807) is 0 Å². The third kappa shape index (κ3) is 4.89. The summed E-state index contributed by atoms with van der Waals surface area (Å²) in [5.74, 6) is -9.19. The second-order valence-electron chi connectivity index (χ2n) is 4.23. The second-order valence-corrected chi connectivity index (χ2v) is 4.23. The largest absolute Gasteiger partial charge is 0.480 e. The van der Waals surface area contributed by atoms with Gasteiger partial charge in [-0.05, 0) is 5.92 Å². The van der Waals surface area contributed by atoms with Gasteiger partial charge in [-0.1, -0.05) is 20.3 Å². The van der Waals surface area contributed by atoms with Crippen LogP contribution in [0.3, 0.4) is 0 Å². The summed E-state index contributed by atoms with van der Waals surface area (Å²) >= 11 is 0. The summed E-state index contributed by atoms with van der Waals surface area (Å²) in [7, 11) is 0. The highest BCUT2D eigenvalue weighted by molar-refractivity contribution is 5.86. The highest BCUT2D eigenvalue weighted by Crippen LogP contribution is 2.39. The average molecular weight is 309 g/mol. The molecule has 0 aromatic heterocycles. The minimum Gasteiger partial charge on any atom is -0.480 e. The summed E-state index contributed by atoms with van der Waals surface area (Å²) < 4.78 is 73.6. The molecule has 10 heteroatoms. The Balaban J connectivity index is 5.25. The molecule has 0 radical (unpaired) electrons. The monoisotopic (exact) mass is 309 g/mol. The first-order valence-corrected chi connectivity index (χ1v) is 5.49. The molecular weight excluding hydrogens is 296 g/mol. The Kier molecular flexibility index (Phi) is 5.85. The molecule has 0 spiro atoms. The SMILES string of the molecule is CC[C@H](C)[C@H](NC(=O)C(C(F)(F)F)C(F)(F)F)C(=O)O. The molecule has 0 aromatic rings. The molecule has 0 aliphatic carbocycles. The lowest BCUT2D eigenvalue weighted by Crippen LogP contribution is -2.53. The van der Waals surface area contributed by atoms with Gasteiger partial charge in [-0.2, -0.15) is 26.3 Å². The van der Waals surface area contributed by atoms with Crippen molar-refractivity contribution >= 4 is 11.9 Å². The molecule has 118 valence electrons. The van der Waals surface area contributed by atoms with Gasteiger partial charge in [-0.15, -0.1) is 0 Å². The van der Waals surface area contributed by atoms with E-state index < -0.39 is 42.1 Å². The van der Waals surface area contributed by atoms with E-state index in [1.807, 2.05) is 0 Å². The van der Waals surface area contributed by atoms with Crippen molar-refractivity contribution in [2.75, 3.05) is 0 Å². The lowest BCUT2D eigenvalue weighted by atomic mass is 9.98. The van der Waals surface area contributed by atoms with Crippen LogP contribution in [0.4, 0.5) is 26.3 Å². The van der Waals surface area contributed by atoms with Gasteiger partial charge in [-0.25, -0.2) is 4.79 Å². The summed E-state index contributed by atoms with van der Waals surface area (Å²) in [4.78, 5) is 21.9. The second kappa shape index (κ2) is 6.31. The van der Waals surface area contributed by atoms with Crippen molar-refractivity contribution in [1.82, 2.24) is 5.32 Å². The van der Waals surface area contributed by atoms with E-state index in [9.17, 15) is 35.9 Å². The summed E-state index contributed by atoms with van der Waals surface area (Å²) in [6, 6.07) is -1.82. The van der Waals surface area contributed by atoms with Crippen LogP contribution in [0.1, 0.15) is 20.3 Å². The zero-order chi connectivity index (χ0) is 16.3. The molecule has 0 aliphatic rings. The molecule has 0 rings (SSSR count). The minimum absolute atomic E-state index is 0.153. The molecule has 0 heterocycles. The Hall–Kier alpha value is -1.48. The average Bonchev–Trinajstić information content (AvgIpc) is 2.20. The molecule has 1 amide bonds. The van der Waals surface area contributed by atoms with Gasteiger partial charge in [-0.3, -0.25) is 4.79 Å². The van der Waals surface area contributed by atoms with Crippen molar-refractivity contribution < 1.29 is 41.0 Å². The first-order chi connectivity index (χ1) is 8.82. The van der Waals surface area contributed by atoms with Gasteiger partial charge >= 0.3 is 18.3 Å². The first-order valence-electron chi connectivity index (χ1n) is 5.49. The number of carboxylic acid groups (broad SMARTS) is 1. The number of amides is 1. The number of hydrogen-bond donors (Lipinski definition) is 2. The van der Waals surface area contributed by atoms with Crippen LogP contribution in [0.25, 0.3) is 0 Å². The lowest BCUT2D eigenvalue weighted by molar-refractivity contribution is -0.274. The third-order valence-electron chi connectivity index (χ3n) is 2.69. The van der Waals surface area contributed by atoms with Gasteiger partial charge < -0.3 is 10.4 Å². The Morgan fingerprint density at radius 2 is 1.50 bits per heavy atom. The summed E-state index contributed by atoms with van der Waals surface area (Å²) in [5, 5.41) is 10.0. The zero-order valence-corrected chi connectivity index (χ0v) is 10.5. The van der Waals surface area contributed by atoms with Crippen LogP contribution >= 0.6 is 0 Å². The van der Waals surface area contributed by atoms with Gasteiger partial charge in [0.2, 0.25) is 11.8 Å². The number of carboxylic acids is 1. The number of carbonyl (C=O) groups is 2. The van der Waals surface area contributed by atoms with Crippen molar-refractivity contribution in [3.05, 3.63) is 0 Å². The molecule has 20 heavy (non-hydrogen) atoms. The van der Waals surface area contributed by atoms with Crippen LogP contribution in [0.5, 0.6) is 0 Å². The van der Waals surface area contributed by atoms with E-state index in [0.29, 0.717) is 0 Å². The predicted molar refractivity (Wildman–Crippen MR) is 54.6 cm³/mol. The molecule has 0 aliphatic heterocycles. The topological polar surface area (TPSA) is 66.4 Å². The number of rotatable bonds is 5.